The summed E-state index contributed by atoms with van der Waals surface area (Å²) in [5, 5.41) is 0. The van der Waals surface area contributed by atoms with Crippen molar-refractivity contribution < 1.29 is 55.7 Å². The van der Waals surface area contributed by atoms with Crippen molar-refractivity contribution in [2.24, 2.45) is 0 Å². The van der Waals surface area contributed by atoms with Crippen LogP contribution >= 0.6 is 0 Å². The predicted octanol–water partition coefficient (Wildman–Crippen LogP) is 3.66. The number of halogens is 8. The monoisotopic (exact) mass is 438 g/mol. The lowest BCUT2D eigenvalue weighted by Gasteiger charge is -2.25. The van der Waals surface area contributed by atoms with Gasteiger partial charge in [0.25, 0.3) is 0 Å². The van der Waals surface area contributed by atoms with Crippen LogP contribution in [0.3, 0.4) is 0 Å². The van der Waals surface area contributed by atoms with Gasteiger partial charge in [-0.25, -0.2) is 8.78 Å². The second kappa shape index (κ2) is 14.5. The third-order valence-corrected chi connectivity index (χ3v) is 2.82. The fourth-order valence-electron chi connectivity index (χ4n) is 0.910. The molecule has 0 saturated heterocycles. The maximum Gasteiger partial charge on any atom is 0.386 e. The number of hydrogen-bond donors (Lipinski definition) is 0. The Morgan fingerprint density at radius 1 is 0.840 bits per heavy atom. The first-order chi connectivity index (χ1) is 10.1. The highest BCUT2D eigenvalue weighted by Gasteiger charge is 2.49. The zero-order chi connectivity index (χ0) is 19.5. The molecule has 25 heavy (non-hydrogen) atoms. The van der Waals surface area contributed by atoms with E-state index in [1.54, 1.807) is 0 Å². The van der Waals surface area contributed by atoms with Gasteiger partial charge < -0.3 is 0 Å². The van der Waals surface area contributed by atoms with Gasteiger partial charge in [0, 0.05) is 0 Å². The zero-order valence-corrected chi connectivity index (χ0v) is 13.3. The van der Waals surface area contributed by atoms with E-state index in [-0.39, 0.29) is 21.5 Å². The van der Waals surface area contributed by atoms with Crippen molar-refractivity contribution in [3.8, 4) is 0 Å². The van der Waals surface area contributed by atoms with Gasteiger partial charge in [0.2, 0.25) is 5.85 Å². The van der Waals surface area contributed by atoms with Crippen LogP contribution in [-0.2, 0) is 25.2 Å². The highest BCUT2D eigenvalue weighted by molar-refractivity contribution is 7.87. The third-order valence-electron chi connectivity index (χ3n) is 1.26. The maximum absolute atomic E-state index is 13.4. The van der Waals surface area contributed by atoms with Crippen LogP contribution in [0.2, 0.25) is 0 Å². The molecule has 0 N–H and O–H groups in total. The number of hydrogen-bond acceptors (Lipinski definition) is 5. The minimum atomic E-state index is -5.82. The quantitative estimate of drug-likeness (QED) is 0.448. The van der Waals surface area contributed by atoms with Crippen molar-refractivity contribution >= 4 is 20.4 Å². The second-order valence-corrected chi connectivity index (χ2v) is 6.12. The fourth-order valence-corrected chi connectivity index (χ4v) is 2.39. The molecule has 0 saturated carbocycles. The van der Waals surface area contributed by atoms with Gasteiger partial charge >= 0.3 is 26.6 Å². The van der Waals surface area contributed by atoms with E-state index in [4.69, 9.17) is 0 Å². The average molecular weight is 438 g/mol. The largest absolute Gasteiger partial charge is 0.386 e. The number of rotatable bonds is 7. The highest BCUT2D eigenvalue weighted by Crippen LogP contribution is 2.29. The summed E-state index contributed by atoms with van der Waals surface area (Å²) < 4.78 is 137. The van der Waals surface area contributed by atoms with Crippen LogP contribution in [0.1, 0.15) is 21.8 Å². The van der Waals surface area contributed by atoms with E-state index in [2.05, 4.69) is 4.74 Å². The summed E-state index contributed by atoms with van der Waals surface area (Å²) in [6, 6.07) is 0. The van der Waals surface area contributed by atoms with E-state index in [1.807, 2.05) is 0 Å². The zero-order valence-electron chi connectivity index (χ0n) is 11.7. The lowest BCUT2D eigenvalue weighted by molar-refractivity contribution is -0.321. The van der Waals surface area contributed by atoms with Gasteiger partial charge in [0.1, 0.15) is 11.5 Å². The van der Waals surface area contributed by atoms with Crippen molar-refractivity contribution in [1.29, 1.82) is 0 Å². The maximum atomic E-state index is 13.4. The van der Waals surface area contributed by atoms with Gasteiger partial charge in [-0.05, 0) is 6.92 Å². The van der Waals surface area contributed by atoms with Crippen molar-refractivity contribution in [3.05, 3.63) is 0 Å². The van der Waals surface area contributed by atoms with Gasteiger partial charge in [0.05, 0.1) is 13.9 Å². The molecule has 0 atom stereocenters. The summed E-state index contributed by atoms with van der Waals surface area (Å²) in [5.74, 6) is -9.52. The fraction of sp³-hybridized carbons (Fsp3) is 1.00. The molecule has 0 fully saturated rings. The van der Waals surface area contributed by atoms with E-state index in [1.165, 1.54) is 6.92 Å². The first-order valence-corrected chi connectivity index (χ1v) is 8.31. The Labute approximate surface area is 142 Å². The summed E-state index contributed by atoms with van der Waals surface area (Å²) >= 11 is 0. The van der Waals surface area contributed by atoms with Crippen LogP contribution in [0.4, 0.5) is 34.1 Å². The lowest BCUT2D eigenvalue weighted by Crippen LogP contribution is -2.46. The first kappa shape index (κ1) is 35.4. The standard InChI is InChI=1S/C5H6F6O5S2.C2H5F.CH3F.2CH4/c6-1-5(8,9)16-4(7,2-17(10,12)13)3-18(11,14)15;1-2-3;1-2;;/h1-3H2;2H2,1H3;1H3;2*1H4. The van der Waals surface area contributed by atoms with Crippen molar-refractivity contribution in [1.82, 2.24) is 0 Å². The molecular weight excluding hydrogens is 416 g/mol. The van der Waals surface area contributed by atoms with E-state index < -0.39 is 50.6 Å². The van der Waals surface area contributed by atoms with Gasteiger partial charge in [-0.3, -0.25) is 13.5 Å². The Morgan fingerprint density at radius 2 is 1.08 bits per heavy atom. The summed E-state index contributed by atoms with van der Waals surface area (Å²) in [6.07, 6.45) is -4.94. The molecule has 160 valence electrons. The Hall–Kier alpha value is -0.700. The molecule has 0 bridgehead atoms. The molecule has 0 amide bonds. The van der Waals surface area contributed by atoms with Crippen molar-refractivity contribution in [2.45, 2.75) is 33.7 Å². The molecule has 0 aromatic rings. The third kappa shape index (κ3) is 25.7. The Bertz CT molecular complexity index is 475. The van der Waals surface area contributed by atoms with Crippen LogP contribution in [0, 0.1) is 0 Å². The van der Waals surface area contributed by atoms with Crippen LogP contribution < -0.4 is 0 Å². The van der Waals surface area contributed by atoms with Crippen LogP contribution in [0.25, 0.3) is 0 Å². The molecule has 0 aliphatic carbocycles. The molecule has 5 nitrogen and oxygen atoms in total. The Morgan fingerprint density at radius 3 is 1.24 bits per heavy atom. The van der Waals surface area contributed by atoms with E-state index >= 15 is 0 Å². The number of ether oxygens (including phenoxy) is 1. The van der Waals surface area contributed by atoms with Crippen molar-refractivity contribution in [2.75, 3.05) is 32.0 Å². The molecule has 0 heterocycles. The average Bonchev–Trinajstić information content (AvgIpc) is 2.26. The van der Waals surface area contributed by atoms with Crippen LogP contribution in [0.5, 0.6) is 0 Å². The van der Waals surface area contributed by atoms with Gasteiger partial charge in [-0.2, -0.15) is 25.6 Å². The predicted molar refractivity (Wildman–Crippen MR) is 77.8 cm³/mol. The summed E-state index contributed by atoms with van der Waals surface area (Å²) in [7, 11) is -11.1. The molecule has 0 rings (SSSR count). The smallest absolute Gasteiger partial charge is 0.278 e. The molecule has 0 aromatic heterocycles. The topological polar surface area (TPSA) is 77.5 Å². The van der Waals surface area contributed by atoms with Crippen LogP contribution in [-0.4, -0.2) is 60.8 Å². The minimum absolute atomic E-state index is 0. The molecular formula is C10H22F8O5S2. The lowest BCUT2D eigenvalue weighted by atomic mass is 10.4. The second-order valence-electron chi connectivity index (χ2n) is 3.39. The van der Waals surface area contributed by atoms with E-state index in [0.29, 0.717) is 7.18 Å². The molecule has 0 aliphatic heterocycles. The van der Waals surface area contributed by atoms with Gasteiger partial charge in [0.15, 0.2) is 6.67 Å². The first-order valence-electron chi connectivity index (χ1n) is 5.21. The number of alkyl halides is 6. The molecule has 0 aromatic carbocycles. The Balaban J connectivity index is -0.000000171. The van der Waals surface area contributed by atoms with E-state index in [0.717, 1.165) is 0 Å². The summed E-state index contributed by atoms with van der Waals surface area (Å²) in [5.41, 5.74) is 0. The van der Waals surface area contributed by atoms with E-state index in [9.17, 15) is 50.9 Å². The molecule has 15 heteroatoms. The van der Waals surface area contributed by atoms with Crippen LogP contribution in [0.15, 0.2) is 0 Å². The van der Waals surface area contributed by atoms with Gasteiger partial charge in [-0.15, -0.1) is 7.77 Å². The normalized spacial score (nSPS) is 11.6. The Kier molecular flexibility index (Phi) is 20.5. The summed E-state index contributed by atoms with van der Waals surface area (Å²) in [4.78, 5) is 0. The molecule has 0 unspecified atom stereocenters. The summed E-state index contributed by atoms with van der Waals surface area (Å²) in [6.45, 7) is -1.45. The molecule has 0 radical (unpaired) electrons. The van der Waals surface area contributed by atoms with Crippen molar-refractivity contribution in [3.63, 3.8) is 0 Å². The minimum Gasteiger partial charge on any atom is -0.278 e. The van der Waals surface area contributed by atoms with Gasteiger partial charge in [-0.1, -0.05) is 14.9 Å². The molecule has 0 spiro atoms. The molecule has 0 aliphatic rings. The highest BCUT2D eigenvalue weighted by atomic mass is 32.3. The SMILES string of the molecule is C.C.CCF.CF.O=S(=O)(F)CC(F)(CS(=O)(=O)F)OC(F)(F)CF.